The third-order valence-corrected chi connectivity index (χ3v) is 4.99. The average molecular weight is 436 g/mol. The molecule has 1 amide bonds. The van der Waals surface area contributed by atoms with Gasteiger partial charge in [0.25, 0.3) is 0 Å². The van der Waals surface area contributed by atoms with Crippen molar-refractivity contribution in [2.75, 3.05) is 6.16 Å². The van der Waals surface area contributed by atoms with E-state index in [1.807, 2.05) is 0 Å². The predicted molar refractivity (Wildman–Crippen MR) is 99.1 cm³/mol. The highest BCUT2D eigenvalue weighted by Gasteiger charge is 2.30. The molecule has 0 spiro atoms. The maximum absolute atomic E-state index is 12.6. The summed E-state index contributed by atoms with van der Waals surface area (Å²) in [4.78, 5) is 30.7. The van der Waals surface area contributed by atoms with E-state index in [4.69, 9.17) is 11.6 Å². The summed E-state index contributed by atoms with van der Waals surface area (Å²) in [6.45, 7) is 0. The van der Waals surface area contributed by atoms with E-state index in [9.17, 15) is 32.3 Å². The van der Waals surface area contributed by atoms with Gasteiger partial charge in [0, 0.05) is 11.1 Å². The van der Waals surface area contributed by atoms with Crippen LogP contribution in [0, 0.1) is 0 Å². The summed E-state index contributed by atoms with van der Waals surface area (Å²) in [6, 6.07) is 9.86. The van der Waals surface area contributed by atoms with Crippen molar-refractivity contribution >= 4 is 25.1 Å². The number of carbonyl (C=O) groups is 1. The van der Waals surface area contributed by atoms with Gasteiger partial charge in [-0.2, -0.15) is 13.2 Å². The molecule has 0 saturated carbocycles. The zero-order valence-electron chi connectivity index (χ0n) is 14.5. The van der Waals surface area contributed by atoms with Gasteiger partial charge >= 0.3 is 13.8 Å². The Morgan fingerprint density at radius 1 is 1.11 bits per heavy atom. The molecule has 2 aromatic carbocycles. The maximum Gasteiger partial charge on any atom is 0.416 e. The fraction of sp³-hybridized carbons (Fsp3) is 0.278. The van der Waals surface area contributed by atoms with Crippen molar-refractivity contribution in [2.24, 2.45) is 0 Å². The van der Waals surface area contributed by atoms with Crippen molar-refractivity contribution in [3.05, 3.63) is 70.2 Å². The first-order valence-corrected chi connectivity index (χ1v) is 10.3. The van der Waals surface area contributed by atoms with Crippen LogP contribution in [0.5, 0.6) is 0 Å². The van der Waals surface area contributed by atoms with Crippen LogP contribution in [-0.2, 0) is 28.4 Å². The van der Waals surface area contributed by atoms with Crippen LogP contribution in [0.4, 0.5) is 13.2 Å². The second-order valence-corrected chi connectivity index (χ2v) is 8.45. The Morgan fingerprint density at radius 3 is 2.29 bits per heavy atom. The van der Waals surface area contributed by atoms with Crippen LogP contribution in [0.25, 0.3) is 0 Å². The molecule has 0 saturated heterocycles. The second kappa shape index (κ2) is 9.09. The highest BCUT2D eigenvalue weighted by molar-refractivity contribution is 7.51. The van der Waals surface area contributed by atoms with E-state index in [0.717, 1.165) is 12.1 Å². The summed E-state index contributed by atoms with van der Waals surface area (Å²) in [5, 5.41) is 2.98. The fourth-order valence-corrected chi connectivity index (χ4v) is 3.68. The smallest absolute Gasteiger partial charge is 0.352 e. The minimum absolute atomic E-state index is 0.0233. The van der Waals surface area contributed by atoms with Gasteiger partial charge in [-0.15, -0.1) is 0 Å². The largest absolute Gasteiger partial charge is 0.416 e. The number of hydrogen-bond acceptors (Lipinski definition) is 2. The highest BCUT2D eigenvalue weighted by Crippen LogP contribution is 2.36. The SMILES string of the molecule is O=C(Cc1cccc(Cl)c1)N[C@@H](Cc1ccc(C(F)(F)F)cc1)CP(=O)(O)O. The third kappa shape index (κ3) is 7.64. The number of carbonyl (C=O) groups excluding carboxylic acids is 1. The van der Waals surface area contributed by atoms with Crippen molar-refractivity contribution in [3.63, 3.8) is 0 Å². The number of alkyl halides is 3. The molecule has 2 rings (SSSR count). The molecule has 0 aliphatic rings. The fourth-order valence-electron chi connectivity index (χ4n) is 2.67. The summed E-state index contributed by atoms with van der Waals surface area (Å²) >= 11 is 5.86. The van der Waals surface area contributed by atoms with Gasteiger partial charge in [-0.25, -0.2) is 0 Å². The first kappa shape index (κ1) is 22.4. The standard InChI is InChI=1S/C18H18ClF3NO4P/c19-15-3-1-2-13(8-15)10-17(24)23-16(11-28(25,26)27)9-12-4-6-14(7-5-12)18(20,21)22/h1-8,16H,9-11H2,(H,23,24)(H2,25,26,27)/t16-/m0/s1. The lowest BCUT2D eigenvalue weighted by atomic mass is 10.0. The lowest BCUT2D eigenvalue weighted by molar-refractivity contribution is -0.137. The van der Waals surface area contributed by atoms with Gasteiger partial charge in [0.15, 0.2) is 0 Å². The van der Waals surface area contributed by atoms with E-state index in [-0.39, 0.29) is 12.8 Å². The average Bonchev–Trinajstić information content (AvgIpc) is 2.52. The highest BCUT2D eigenvalue weighted by atomic mass is 35.5. The maximum atomic E-state index is 12.6. The molecule has 0 unspecified atom stereocenters. The summed E-state index contributed by atoms with van der Waals surface area (Å²) in [6.07, 6.45) is -5.18. The monoisotopic (exact) mass is 435 g/mol. The van der Waals surface area contributed by atoms with Gasteiger partial charge in [0.1, 0.15) is 0 Å². The van der Waals surface area contributed by atoms with Crippen LogP contribution in [0.2, 0.25) is 5.02 Å². The summed E-state index contributed by atoms with van der Waals surface area (Å²) < 4.78 is 49.3. The minimum atomic E-state index is -4.48. The van der Waals surface area contributed by atoms with Crippen molar-refractivity contribution in [2.45, 2.75) is 25.1 Å². The summed E-state index contributed by atoms with van der Waals surface area (Å²) in [5.74, 6) is -0.479. The topological polar surface area (TPSA) is 86.6 Å². The molecule has 152 valence electrons. The van der Waals surface area contributed by atoms with Gasteiger partial charge in [-0.05, 0) is 41.8 Å². The van der Waals surface area contributed by atoms with Crippen LogP contribution in [0.15, 0.2) is 48.5 Å². The Balaban J connectivity index is 2.09. The molecule has 0 bridgehead atoms. The number of benzene rings is 2. The van der Waals surface area contributed by atoms with Gasteiger partial charge in [-0.3, -0.25) is 9.36 Å². The lowest BCUT2D eigenvalue weighted by Gasteiger charge is -2.20. The molecule has 3 N–H and O–H groups in total. The van der Waals surface area contributed by atoms with E-state index in [1.165, 1.54) is 12.1 Å². The van der Waals surface area contributed by atoms with Crippen molar-refractivity contribution < 1.29 is 32.3 Å². The molecule has 0 aliphatic heterocycles. The molecule has 28 heavy (non-hydrogen) atoms. The zero-order valence-corrected chi connectivity index (χ0v) is 16.1. The van der Waals surface area contributed by atoms with Gasteiger partial charge in [0.05, 0.1) is 18.1 Å². The summed E-state index contributed by atoms with van der Waals surface area (Å²) in [5.41, 5.74) is 0.205. The molecule has 5 nitrogen and oxygen atoms in total. The van der Waals surface area contributed by atoms with Crippen LogP contribution in [-0.4, -0.2) is 27.9 Å². The van der Waals surface area contributed by atoms with Crippen molar-refractivity contribution in [1.82, 2.24) is 5.32 Å². The Hall–Kier alpha value is -1.86. The molecule has 0 heterocycles. The first-order chi connectivity index (χ1) is 12.9. The molecule has 0 aliphatic carbocycles. The Kier molecular flexibility index (Phi) is 7.28. The Morgan fingerprint density at radius 2 is 1.75 bits per heavy atom. The zero-order chi connectivity index (χ0) is 20.9. The number of nitrogens with one attached hydrogen (secondary N) is 1. The number of hydrogen-bond donors (Lipinski definition) is 3. The molecule has 2 aromatic rings. The minimum Gasteiger partial charge on any atom is -0.352 e. The molecular weight excluding hydrogens is 418 g/mol. The number of amides is 1. The second-order valence-electron chi connectivity index (χ2n) is 6.32. The van der Waals surface area contributed by atoms with Crippen LogP contribution >= 0.6 is 19.2 Å². The van der Waals surface area contributed by atoms with E-state index >= 15 is 0 Å². The van der Waals surface area contributed by atoms with Gasteiger partial charge in [-0.1, -0.05) is 35.9 Å². The van der Waals surface area contributed by atoms with E-state index in [2.05, 4.69) is 5.32 Å². The quantitative estimate of drug-likeness (QED) is 0.577. The predicted octanol–water partition coefficient (Wildman–Crippen LogP) is 3.81. The molecule has 10 heteroatoms. The summed E-state index contributed by atoms with van der Waals surface area (Å²) in [7, 11) is -4.46. The normalized spacial score (nSPS) is 13.2. The molecule has 0 aromatic heterocycles. The van der Waals surface area contributed by atoms with E-state index < -0.39 is 37.4 Å². The van der Waals surface area contributed by atoms with Crippen LogP contribution in [0.3, 0.4) is 0 Å². The van der Waals surface area contributed by atoms with E-state index in [0.29, 0.717) is 16.1 Å². The van der Waals surface area contributed by atoms with Crippen LogP contribution < -0.4 is 5.32 Å². The number of rotatable bonds is 7. The lowest BCUT2D eigenvalue weighted by Crippen LogP contribution is -2.39. The first-order valence-electron chi connectivity index (χ1n) is 8.17. The van der Waals surface area contributed by atoms with E-state index in [1.54, 1.807) is 24.3 Å². The molecule has 1 atom stereocenters. The Labute approximate surface area is 164 Å². The molecule has 0 fully saturated rings. The molecule has 0 radical (unpaired) electrons. The Bertz CT molecular complexity index is 868. The van der Waals surface area contributed by atoms with Crippen molar-refractivity contribution in [3.8, 4) is 0 Å². The third-order valence-electron chi connectivity index (χ3n) is 3.84. The molecular formula is C18H18ClF3NO4P. The van der Waals surface area contributed by atoms with Crippen molar-refractivity contribution in [1.29, 1.82) is 0 Å². The van der Waals surface area contributed by atoms with Gasteiger partial charge < -0.3 is 15.1 Å². The van der Waals surface area contributed by atoms with Crippen LogP contribution in [0.1, 0.15) is 16.7 Å². The van der Waals surface area contributed by atoms with Gasteiger partial charge in [0.2, 0.25) is 5.91 Å². The number of halogens is 4.